The molecule has 3 nitrogen and oxygen atoms in total. The Hall–Kier alpha value is -1.77. The van der Waals surface area contributed by atoms with E-state index in [-0.39, 0.29) is 0 Å². The number of hydrogen-bond donors (Lipinski definition) is 1. The molecular weight excluding hydrogens is 234 g/mol. The molecule has 0 amide bonds. The highest BCUT2D eigenvalue weighted by atomic mass is 15.2. The zero-order valence-corrected chi connectivity index (χ0v) is 11.4. The fraction of sp³-hybridized carbons (Fsp3) is 0.438. The van der Waals surface area contributed by atoms with Crippen LogP contribution in [0.15, 0.2) is 42.7 Å². The minimum absolute atomic E-state index is 0.445. The number of benzene rings is 1. The summed E-state index contributed by atoms with van der Waals surface area (Å²) in [7, 11) is 0. The van der Waals surface area contributed by atoms with Gasteiger partial charge in [-0.15, -0.1) is 0 Å². The van der Waals surface area contributed by atoms with Crippen molar-refractivity contribution < 1.29 is 0 Å². The highest BCUT2D eigenvalue weighted by molar-refractivity contribution is 5.29. The second-order valence-electron chi connectivity index (χ2n) is 5.46. The molecule has 1 N–H and O–H groups in total. The Labute approximate surface area is 114 Å². The van der Waals surface area contributed by atoms with Crippen LogP contribution in [0.4, 0.5) is 5.95 Å². The summed E-state index contributed by atoms with van der Waals surface area (Å²) in [4.78, 5) is 4.42. The fourth-order valence-electron chi connectivity index (χ4n) is 2.39. The first-order chi connectivity index (χ1) is 9.33. The Balaban J connectivity index is 1.53. The summed E-state index contributed by atoms with van der Waals surface area (Å²) in [6, 6.07) is 11.8. The van der Waals surface area contributed by atoms with E-state index < -0.39 is 0 Å². The number of aromatic nitrogens is 2. The van der Waals surface area contributed by atoms with Crippen molar-refractivity contribution >= 4 is 5.95 Å². The molecule has 0 bridgehead atoms. The standard InChI is InChI=1S/C16H21N3/c1-13(7-8-14-5-3-2-4-6-14)18-16-17-11-12-19(16)15-9-10-15/h2-6,11-13,15H,7-10H2,1H3,(H,17,18). The molecule has 1 atom stereocenters. The third kappa shape index (κ3) is 3.16. The van der Waals surface area contributed by atoms with E-state index in [9.17, 15) is 0 Å². The van der Waals surface area contributed by atoms with Crippen molar-refractivity contribution in [1.82, 2.24) is 9.55 Å². The van der Waals surface area contributed by atoms with Gasteiger partial charge in [-0.25, -0.2) is 4.98 Å². The average molecular weight is 255 g/mol. The maximum atomic E-state index is 4.42. The molecule has 0 spiro atoms. The van der Waals surface area contributed by atoms with Crippen LogP contribution in [0.25, 0.3) is 0 Å². The lowest BCUT2D eigenvalue weighted by atomic mass is 10.1. The molecule has 1 aromatic heterocycles. The van der Waals surface area contributed by atoms with Crippen LogP contribution in [0.1, 0.15) is 37.8 Å². The summed E-state index contributed by atoms with van der Waals surface area (Å²) >= 11 is 0. The summed E-state index contributed by atoms with van der Waals surface area (Å²) in [5, 5.41) is 3.53. The predicted octanol–water partition coefficient (Wildman–Crippen LogP) is 3.65. The van der Waals surface area contributed by atoms with Gasteiger partial charge < -0.3 is 9.88 Å². The summed E-state index contributed by atoms with van der Waals surface area (Å²) in [6.45, 7) is 2.23. The van der Waals surface area contributed by atoms with Crippen molar-refractivity contribution in [3.63, 3.8) is 0 Å². The van der Waals surface area contributed by atoms with Crippen molar-refractivity contribution in [2.75, 3.05) is 5.32 Å². The van der Waals surface area contributed by atoms with Crippen molar-refractivity contribution in [2.45, 2.75) is 44.7 Å². The second kappa shape index (κ2) is 5.47. The molecule has 3 rings (SSSR count). The van der Waals surface area contributed by atoms with Crippen LogP contribution in [0.2, 0.25) is 0 Å². The van der Waals surface area contributed by atoms with Crippen LogP contribution in [0, 0.1) is 0 Å². The molecule has 1 saturated carbocycles. The number of anilines is 1. The number of hydrogen-bond acceptors (Lipinski definition) is 2. The first-order valence-corrected chi connectivity index (χ1v) is 7.16. The zero-order chi connectivity index (χ0) is 13.1. The second-order valence-corrected chi connectivity index (χ2v) is 5.46. The Morgan fingerprint density at radius 3 is 2.84 bits per heavy atom. The van der Waals surface area contributed by atoms with Gasteiger partial charge in [0.25, 0.3) is 0 Å². The lowest BCUT2D eigenvalue weighted by Crippen LogP contribution is -2.19. The largest absolute Gasteiger partial charge is 0.353 e. The number of aryl methyl sites for hydroxylation is 1. The smallest absolute Gasteiger partial charge is 0.203 e. The normalized spacial score (nSPS) is 16.3. The van der Waals surface area contributed by atoms with Gasteiger partial charge in [0.2, 0.25) is 5.95 Å². The molecule has 0 aliphatic heterocycles. The Morgan fingerprint density at radius 1 is 1.32 bits per heavy atom. The minimum atomic E-state index is 0.445. The molecule has 19 heavy (non-hydrogen) atoms. The quantitative estimate of drug-likeness (QED) is 0.854. The molecule has 1 aromatic carbocycles. The van der Waals surface area contributed by atoms with E-state index in [0.717, 1.165) is 18.8 Å². The van der Waals surface area contributed by atoms with Crippen molar-refractivity contribution in [2.24, 2.45) is 0 Å². The van der Waals surface area contributed by atoms with Crippen LogP contribution in [-0.2, 0) is 6.42 Å². The first kappa shape index (κ1) is 12.3. The van der Waals surface area contributed by atoms with E-state index in [0.29, 0.717) is 12.1 Å². The molecule has 1 fully saturated rings. The molecular formula is C16H21N3. The monoisotopic (exact) mass is 255 g/mol. The highest BCUT2D eigenvalue weighted by Crippen LogP contribution is 2.36. The molecule has 3 heteroatoms. The Morgan fingerprint density at radius 2 is 2.11 bits per heavy atom. The van der Waals surface area contributed by atoms with Gasteiger partial charge in [-0.1, -0.05) is 30.3 Å². The third-order valence-corrected chi connectivity index (χ3v) is 3.69. The Kier molecular flexibility index (Phi) is 3.53. The highest BCUT2D eigenvalue weighted by Gasteiger charge is 2.25. The lowest BCUT2D eigenvalue weighted by Gasteiger charge is -2.15. The van der Waals surface area contributed by atoms with Gasteiger partial charge in [-0.05, 0) is 38.2 Å². The molecule has 0 radical (unpaired) electrons. The van der Waals surface area contributed by atoms with Gasteiger partial charge >= 0.3 is 0 Å². The molecule has 100 valence electrons. The van der Waals surface area contributed by atoms with Gasteiger partial charge in [-0.3, -0.25) is 0 Å². The van der Waals surface area contributed by atoms with Crippen LogP contribution in [-0.4, -0.2) is 15.6 Å². The van der Waals surface area contributed by atoms with Crippen molar-refractivity contribution in [1.29, 1.82) is 0 Å². The molecule has 0 saturated heterocycles. The fourth-order valence-corrected chi connectivity index (χ4v) is 2.39. The summed E-state index contributed by atoms with van der Waals surface area (Å²) in [5.74, 6) is 1.03. The Bertz CT molecular complexity index is 514. The van der Waals surface area contributed by atoms with Crippen molar-refractivity contribution in [3.8, 4) is 0 Å². The molecule has 1 unspecified atom stereocenters. The van der Waals surface area contributed by atoms with E-state index in [1.807, 2.05) is 6.20 Å². The van der Waals surface area contributed by atoms with Crippen LogP contribution in [0.5, 0.6) is 0 Å². The number of nitrogens with zero attached hydrogens (tertiary/aromatic N) is 2. The third-order valence-electron chi connectivity index (χ3n) is 3.69. The summed E-state index contributed by atoms with van der Waals surface area (Å²) < 4.78 is 2.28. The van der Waals surface area contributed by atoms with Gasteiger partial charge in [0.1, 0.15) is 0 Å². The van der Waals surface area contributed by atoms with Gasteiger partial charge in [0.15, 0.2) is 0 Å². The molecule has 1 aliphatic rings. The van der Waals surface area contributed by atoms with Crippen LogP contribution < -0.4 is 5.32 Å². The topological polar surface area (TPSA) is 29.9 Å². The van der Waals surface area contributed by atoms with Crippen molar-refractivity contribution in [3.05, 3.63) is 48.3 Å². The minimum Gasteiger partial charge on any atom is -0.353 e. The molecule has 1 aliphatic carbocycles. The SMILES string of the molecule is CC(CCc1ccccc1)Nc1nccn1C1CC1. The van der Waals surface area contributed by atoms with E-state index in [4.69, 9.17) is 0 Å². The van der Waals surface area contributed by atoms with Gasteiger partial charge in [-0.2, -0.15) is 0 Å². The molecule has 2 aromatic rings. The predicted molar refractivity (Wildman–Crippen MR) is 78.3 cm³/mol. The van der Waals surface area contributed by atoms with Gasteiger partial charge in [0, 0.05) is 24.5 Å². The first-order valence-electron chi connectivity index (χ1n) is 7.16. The molecule has 1 heterocycles. The van der Waals surface area contributed by atoms with Crippen LogP contribution in [0.3, 0.4) is 0 Å². The van der Waals surface area contributed by atoms with E-state index >= 15 is 0 Å². The van der Waals surface area contributed by atoms with E-state index in [1.165, 1.54) is 18.4 Å². The van der Waals surface area contributed by atoms with Gasteiger partial charge in [0.05, 0.1) is 0 Å². The zero-order valence-electron chi connectivity index (χ0n) is 11.4. The van der Waals surface area contributed by atoms with E-state index in [2.05, 4.69) is 58.3 Å². The van der Waals surface area contributed by atoms with Crippen LogP contribution >= 0.6 is 0 Å². The maximum Gasteiger partial charge on any atom is 0.203 e. The number of rotatable bonds is 6. The van der Waals surface area contributed by atoms with E-state index in [1.54, 1.807) is 0 Å². The summed E-state index contributed by atoms with van der Waals surface area (Å²) in [5.41, 5.74) is 1.40. The number of nitrogens with one attached hydrogen (secondary N) is 1. The average Bonchev–Trinajstić information content (AvgIpc) is 3.18. The lowest BCUT2D eigenvalue weighted by molar-refractivity contribution is 0.674. The number of imidazole rings is 1. The summed E-state index contributed by atoms with van der Waals surface area (Å²) in [6.07, 6.45) is 8.81. The maximum absolute atomic E-state index is 4.42.